The van der Waals surface area contributed by atoms with Crippen molar-refractivity contribution >= 4 is 11.4 Å². The molecule has 0 unspecified atom stereocenters. The molecule has 0 saturated carbocycles. The highest BCUT2D eigenvalue weighted by molar-refractivity contribution is 5.48. The first kappa shape index (κ1) is 10.8. The van der Waals surface area contributed by atoms with Crippen LogP contribution in [0.5, 0.6) is 5.88 Å². The molecule has 0 saturated heterocycles. The molecule has 0 N–H and O–H groups in total. The molecule has 0 bridgehead atoms. The van der Waals surface area contributed by atoms with Crippen molar-refractivity contribution in [2.24, 2.45) is 0 Å². The zero-order valence-corrected chi connectivity index (χ0v) is 7.74. The summed E-state index contributed by atoms with van der Waals surface area (Å²) in [5.74, 6) is -0.215. The summed E-state index contributed by atoms with van der Waals surface area (Å²) >= 11 is 0. The van der Waals surface area contributed by atoms with Crippen LogP contribution in [-0.2, 0) is 0 Å². The van der Waals surface area contributed by atoms with Crippen molar-refractivity contribution < 1.29 is 14.6 Å². The molecule has 0 atom stereocenters. The van der Waals surface area contributed by atoms with Gasteiger partial charge in [0.15, 0.2) is 0 Å². The Morgan fingerprint density at radius 2 is 2.07 bits per heavy atom. The van der Waals surface area contributed by atoms with Crippen LogP contribution in [0, 0.1) is 20.2 Å². The Balaban J connectivity index is 3.20. The largest absolute Gasteiger partial charge is 0.473 e. The molecule has 80 valence electrons. The van der Waals surface area contributed by atoms with Crippen molar-refractivity contribution in [3.05, 3.63) is 32.5 Å². The molecule has 0 aromatic carbocycles. The Kier molecular flexibility index (Phi) is 3.11. The Labute approximate surface area is 83.8 Å². The molecule has 15 heavy (non-hydrogen) atoms. The van der Waals surface area contributed by atoms with Gasteiger partial charge in [-0.2, -0.15) is 0 Å². The Bertz CT molecular complexity index is 406. The van der Waals surface area contributed by atoms with E-state index < -0.39 is 21.2 Å². The highest BCUT2D eigenvalue weighted by Crippen LogP contribution is 2.27. The topological polar surface area (TPSA) is 108 Å². The molecule has 8 nitrogen and oxygen atoms in total. The van der Waals surface area contributed by atoms with Crippen molar-refractivity contribution in [2.75, 3.05) is 6.61 Å². The Hall–Kier alpha value is -2.25. The molecule has 0 aliphatic heterocycles. The SMILES string of the molecule is CCOc1ncc([N+](=O)[O-])cc1[N+](=O)[O-]. The van der Waals surface area contributed by atoms with Crippen LogP contribution in [0.15, 0.2) is 12.3 Å². The first-order valence-electron chi connectivity index (χ1n) is 3.98. The fourth-order valence-electron chi connectivity index (χ4n) is 0.909. The molecule has 0 spiro atoms. The van der Waals surface area contributed by atoms with Gasteiger partial charge in [0.25, 0.3) is 11.6 Å². The van der Waals surface area contributed by atoms with Crippen LogP contribution in [-0.4, -0.2) is 21.4 Å². The minimum atomic E-state index is -0.773. The van der Waals surface area contributed by atoms with Crippen LogP contribution >= 0.6 is 0 Å². The summed E-state index contributed by atoms with van der Waals surface area (Å²) in [6, 6.07) is 0.817. The standard InChI is InChI=1S/C7H7N3O5/c1-2-15-7-6(10(13)14)3-5(4-8-7)9(11)12/h3-4H,2H2,1H3. The number of aromatic nitrogens is 1. The number of hydrogen-bond donors (Lipinski definition) is 0. The molecule has 8 heteroatoms. The maximum absolute atomic E-state index is 10.5. The summed E-state index contributed by atoms with van der Waals surface area (Å²) < 4.78 is 4.86. The zero-order valence-electron chi connectivity index (χ0n) is 7.74. The molecule has 1 heterocycles. The predicted molar refractivity (Wildman–Crippen MR) is 48.7 cm³/mol. The number of ether oxygens (including phenoxy) is 1. The second-order valence-electron chi connectivity index (χ2n) is 2.47. The van der Waals surface area contributed by atoms with E-state index in [2.05, 4.69) is 4.98 Å². The van der Waals surface area contributed by atoms with Crippen LogP contribution in [0.4, 0.5) is 11.4 Å². The number of nitro groups is 2. The fraction of sp³-hybridized carbons (Fsp3) is 0.286. The highest BCUT2D eigenvalue weighted by atomic mass is 16.6. The van der Waals surface area contributed by atoms with E-state index in [9.17, 15) is 20.2 Å². The average Bonchev–Trinajstić information content (AvgIpc) is 2.18. The average molecular weight is 213 g/mol. The molecule has 0 aliphatic carbocycles. The maximum Gasteiger partial charge on any atom is 0.337 e. The van der Waals surface area contributed by atoms with Crippen LogP contribution in [0.3, 0.4) is 0 Å². The van der Waals surface area contributed by atoms with E-state index >= 15 is 0 Å². The van der Waals surface area contributed by atoms with Crippen LogP contribution in [0.1, 0.15) is 6.92 Å². The number of hydrogen-bond acceptors (Lipinski definition) is 6. The van der Waals surface area contributed by atoms with E-state index in [4.69, 9.17) is 4.74 Å². The number of nitrogens with zero attached hydrogens (tertiary/aromatic N) is 3. The summed E-state index contributed by atoms with van der Waals surface area (Å²) in [4.78, 5) is 22.9. The first-order valence-corrected chi connectivity index (χ1v) is 3.98. The van der Waals surface area contributed by atoms with Crippen molar-refractivity contribution in [1.29, 1.82) is 0 Å². The van der Waals surface area contributed by atoms with E-state index in [0.29, 0.717) is 0 Å². The smallest absolute Gasteiger partial charge is 0.337 e. The molecular weight excluding hydrogens is 206 g/mol. The van der Waals surface area contributed by atoms with Gasteiger partial charge in [-0.15, -0.1) is 0 Å². The second-order valence-corrected chi connectivity index (χ2v) is 2.47. The van der Waals surface area contributed by atoms with Gasteiger partial charge in [-0.3, -0.25) is 20.2 Å². The van der Waals surface area contributed by atoms with Crippen molar-refractivity contribution in [2.45, 2.75) is 6.92 Å². The monoisotopic (exact) mass is 213 g/mol. The molecule has 1 rings (SSSR count). The maximum atomic E-state index is 10.5. The highest BCUT2D eigenvalue weighted by Gasteiger charge is 2.21. The third kappa shape index (κ3) is 2.36. The van der Waals surface area contributed by atoms with E-state index in [-0.39, 0.29) is 12.5 Å². The summed E-state index contributed by atoms with van der Waals surface area (Å²) in [6.45, 7) is 1.83. The minimum absolute atomic E-state index is 0.200. The van der Waals surface area contributed by atoms with Crippen molar-refractivity contribution in [3.8, 4) is 5.88 Å². The molecule has 0 fully saturated rings. The molecule has 0 aliphatic rings. The molecule has 1 aromatic rings. The van der Waals surface area contributed by atoms with Crippen LogP contribution < -0.4 is 4.74 Å². The molecule has 0 amide bonds. The Morgan fingerprint density at radius 1 is 1.40 bits per heavy atom. The fourth-order valence-corrected chi connectivity index (χ4v) is 0.909. The lowest BCUT2D eigenvalue weighted by Crippen LogP contribution is -2.01. The lowest BCUT2D eigenvalue weighted by Gasteiger charge is -2.01. The van der Waals surface area contributed by atoms with Crippen LogP contribution in [0.2, 0.25) is 0 Å². The number of pyridine rings is 1. The third-order valence-electron chi connectivity index (χ3n) is 1.51. The second kappa shape index (κ2) is 4.31. The van der Waals surface area contributed by atoms with E-state index in [1.54, 1.807) is 6.92 Å². The quantitative estimate of drug-likeness (QED) is 0.550. The number of rotatable bonds is 4. The van der Waals surface area contributed by atoms with Gasteiger partial charge in [0.05, 0.1) is 16.5 Å². The van der Waals surface area contributed by atoms with Crippen LogP contribution in [0.25, 0.3) is 0 Å². The van der Waals surface area contributed by atoms with Gasteiger partial charge in [-0.05, 0) is 6.92 Å². The van der Waals surface area contributed by atoms with Gasteiger partial charge >= 0.3 is 5.69 Å². The molecule has 1 aromatic heterocycles. The third-order valence-corrected chi connectivity index (χ3v) is 1.51. The summed E-state index contributed by atoms with van der Waals surface area (Å²) in [5, 5.41) is 20.9. The minimum Gasteiger partial charge on any atom is -0.473 e. The van der Waals surface area contributed by atoms with Gasteiger partial charge in [0.1, 0.15) is 12.3 Å². The predicted octanol–water partition coefficient (Wildman–Crippen LogP) is 1.30. The Morgan fingerprint density at radius 3 is 2.53 bits per heavy atom. The van der Waals surface area contributed by atoms with Crippen molar-refractivity contribution in [1.82, 2.24) is 4.98 Å². The van der Waals surface area contributed by atoms with E-state index in [1.165, 1.54) is 0 Å². The van der Waals surface area contributed by atoms with Gasteiger partial charge < -0.3 is 4.74 Å². The first-order chi connectivity index (χ1) is 7.06. The summed E-state index contributed by atoms with van der Waals surface area (Å²) in [5.41, 5.74) is -0.948. The van der Waals surface area contributed by atoms with E-state index in [1.807, 2.05) is 0 Å². The van der Waals surface area contributed by atoms with Gasteiger partial charge in [-0.1, -0.05) is 0 Å². The van der Waals surface area contributed by atoms with Crippen molar-refractivity contribution in [3.63, 3.8) is 0 Å². The lowest BCUT2D eigenvalue weighted by molar-refractivity contribution is -0.395. The summed E-state index contributed by atoms with van der Waals surface area (Å²) in [7, 11) is 0. The normalized spacial score (nSPS) is 9.67. The van der Waals surface area contributed by atoms with Gasteiger partial charge in [-0.25, -0.2) is 4.98 Å². The molecule has 0 radical (unpaired) electrons. The lowest BCUT2D eigenvalue weighted by atomic mass is 10.4. The zero-order chi connectivity index (χ0) is 11.4. The molecular formula is C7H7N3O5. The van der Waals surface area contributed by atoms with Gasteiger partial charge in [0.2, 0.25) is 0 Å². The summed E-state index contributed by atoms with van der Waals surface area (Å²) in [6.07, 6.45) is 0.915. The van der Waals surface area contributed by atoms with E-state index in [0.717, 1.165) is 12.3 Å². The van der Waals surface area contributed by atoms with Gasteiger partial charge in [0, 0.05) is 0 Å².